The van der Waals surface area contributed by atoms with Crippen molar-refractivity contribution in [3.8, 4) is 0 Å². The SMILES string of the molecule is CCCCCCCCC(CCSCCCCCCCCC(C)OC(OCCC)C(O)(P=O)C(=O)O)c1ccccc1. The van der Waals surface area contributed by atoms with Crippen LogP contribution in [0.1, 0.15) is 135 Å². The molecule has 0 aliphatic rings. The average Bonchev–Trinajstić information content (AvgIpc) is 2.98. The van der Waals surface area contributed by atoms with Crippen LogP contribution in [0, 0.1) is 0 Å². The van der Waals surface area contributed by atoms with E-state index < -0.39 is 26.1 Å². The third-order valence-electron chi connectivity index (χ3n) is 7.55. The average molecular weight is 613 g/mol. The Hall–Kier alpha value is -0.980. The second-order valence-electron chi connectivity index (χ2n) is 11.2. The first-order valence-electron chi connectivity index (χ1n) is 16.1. The minimum Gasteiger partial charge on any atom is -0.478 e. The van der Waals surface area contributed by atoms with Gasteiger partial charge in [0.25, 0.3) is 5.34 Å². The van der Waals surface area contributed by atoms with Crippen LogP contribution in [0.25, 0.3) is 0 Å². The standard InChI is InChI=1S/C33H57O6PS/c1-4-6-7-8-12-16-23-30(29-21-17-14-18-22-29)24-27-41-26-19-13-10-9-11-15-20-28(3)39-32(38-25-5-2)33(36,40-37)31(34)35/h14,17-18,21-22,28,30,32,36H,4-13,15-16,19-20,23-27H2,1-3H3,(H,34,35). The summed E-state index contributed by atoms with van der Waals surface area (Å²) in [5.41, 5.74) is 1.51. The van der Waals surface area contributed by atoms with Gasteiger partial charge in [0.05, 0.1) is 6.10 Å². The van der Waals surface area contributed by atoms with Gasteiger partial charge in [0, 0.05) is 6.61 Å². The van der Waals surface area contributed by atoms with Crippen LogP contribution in [0.5, 0.6) is 0 Å². The molecule has 2 N–H and O–H groups in total. The Labute approximate surface area is 256 Å². The van der Waals surface area contributed by atoms with E-state index in [1.165, 1.54) is 94.1 Å². The van der Waals surface area contributed by atoms with Gasteiger partial charge in [-0.1, -0.05) is 115 Å². The van der Waals surface area contributed by atoms with Crippen molar-refractivity contribution < 1.29 is 29.0 Å². The minimum absolute atomic E-state index is 0.216. The molecule has 0 spiro atoms. The highest BCUT2D eigenvalue weighted by Gasteiger charge is 2.48. The van der Waals surface area contributed by atoms with Gasteiger partial charge in [-0.2, -0.15) is 11.8 Å². The lowest BCUT2D eigenvalue weighted by molar-refractivity contribution is -0.231. The Morgan fingerprint density at radius 2 is 1.46 bits per heavy atom. The maximum Gasteiger partial charge on any atom is 0.353 e. The van der Waals surface area contributed by atoms with Gasteiger partial charge in [-0.25, -0.2) is 4.79 Å². The molecule has 0 aliphatic carbocycles. The van der Waals surface area contributed by atoms with E-state index in [1.807, 2.05) is 13.8 Å². The molecule has 41 heavy (non-hydrogen) atoms. The van der Waals surface area contributed by atoms with E-state index in [2.05, 4.69) is 49.0 Å². The molecular formula is C33H57O6PS. The summed E-state index contributed by atoms with van der Waals surface area (Å²) < 4.78 is 22.4. The molecular weight excluding hydrogens is 555 g/mol. The summed E-state index contributed by atoms with van der Waals surface area (Å²) in [6.07, 6.45) is 17.3. The topological polar surface area (TPSA) is 93.1 Å². The van der Waals surface area contributed by atoms with Crippen LogP contribution >= 0.6 is 20.2 Å². The lowest BCUT2D eigenvalue weighted by Crippen LogP contribution is -2.48. The molecule has 1 rings (SSSR count). The number of hydrogen-bond acceptors (Lipinski definition) is 6. The lowest BCUT2D eigenvalue weighted by atomic mass is 9.91. The van der Waals surface area contributed by atoms with Crippen molar-refractivity contribution in [2.45, 2.75) is 147 Å². The number of rotatable bonds is 28. The number of hydrogen-bond donors (Lipinski definition) is 2. The highest BCUT2D eigenvalue weighted by atomic mass is 32.2. The van der Waals surface area contributed by atoms with Crippen LogP contribution in [0.4, 0.5) is 0 Å². The van der Waals surface area contributed by atoms with Crippen LogP contribution in [0.3, 0.4) is 0 Å². The highest BCUT2D eigenvalue weighted by Crippen LogP contribution is 2.30. The minimum atomic E-state index is -2.60. The smallest absolute Gasteiger partial charge is 0.353 e. The third kappa shape index (κ3) is 17.0. The quantitative estimate of drug-likeness (QED) is 0.0553. The summed E-state index contributed by atoms with van der Waals surface area (Å²) in [5.74, 6) is 1.53. The summed E-state index contributed by atoms with van der Waals surface area (Å²) in [4.78, 5) is 11.4. The van der Waals surface area contributed by atoms with E-state index in [0.29, 0.717) is 12.3 Å². The first-order chi connectivity index (χ1) is 19.9. The monoisotopic (exact) mass is 612 g/mol. The number of aliphatic hydroxyl groups is 1. The van der Waals surface area contributed by atoms with Crippen molar-refractivity contribution in [3.05, 3.63) is 35.9 Å². The summed E-state index contributed by atoms with van der Waals surface area (Å²) >= 11 is 2.10. The lowest BCUT2D eigenvalue weighted by Gasteiger charge is -2.29. The number of carboxylic acid groups (broad SMARTS) is 1. The molecule has 0 radical (unpaired) electrons. The molecule has 1 aromatic rings. The number of benzene rings is 1. The molecule has 4 atom stereocenters. The Bertz CT molecular complexity index is 782. The van der Waals surface area contributed by atoms with Gasteiger partial charge in [0.15, 0.2) is 0 Å². The molecule has 0 bridgehead atoms. The molecule has 236 valence electrons. The maximum absolute atomic E-state index is 11.4. The molecule has 0 heterocycles. The second-order valence-corrected chi connectivity index (χ2v) is 13.3. The third-order valence-corrected chi connectivity index (χ3v) is 9.33. The molecule has 0 fully saturated rings. The van der Waals surface area contributed by atoms with E-state index in [4.69, 9.17) is 9.47 Å². The van der Waals surface area contributed by atoms with Crippen LogP contribution in [0.15, 0.2) is 30.3 Å². The van der Waals surface area contributed by atoms with Gasteiger partial charge in [-0.15, -0.1) is 0 Å². The fraction of sp³-hybridized carbons (Fsp3) is 0.788. The van der Waals surface area contributed by atoms with Gasteiger partial charge in [0.2, 0.25) is 14.8 Å². The van der Waals surface area contributed by atoms with Crippen molar-refractivity contribution >= 4 is 26.2 Å². The van der Waals surface area contributed by atoms with Crippen LogP contribution in [0.2, 0.25) is 0 Å². The van der Waals surface area contributed by atoms with E-state index in [0.717, 1.165) is 19.3 Å². The molecule has 0 aliphatic heterocycles. The van der Waals surface area contributed by atoms with Crippen molar-refractivity contribution in [1.82, 2.24) is 0 Å². The summed E-state index contributed by atoms with van der Waals surface area (Å²) in [7, 11) is -0.947. The zero-order valence-corrected chi connectivity index (χ0v) is 27.6. The predicted octanol–water partition coefficient (Wildman–Crippen LogP) is 9.60. The fourth-order valence-electron chi connectivity index (χ4n) is 4.98. The normalized spacial score (nSPS) is 15.4. The van der Waals surface area contributed by atoms with Crippen LogP contribution in [-0.4, -0.2) is 52.0 Å². The number of unbranched alkanes of at least 4 members (excludes halogenated alkanes) is 10. The van der Waals surface area contributed by atoms with Crippen molar-refractivity contribution in [2.24, 2.45) is 0 Å². The van der Waals surface area contributed by atoms with E-state index >= 15 is 0 Å². The molecule has 8 heteroatoms. The van der Waals surface area contributed by atoms with Crippen molar-refractivity contribution in [2.75, 3.05) is 18.1 Å². The molecule has 1 aromatic carbocycles. The summed E-state index contributed by atoms with van der Waals surface area (Å²) in [5, 5.41) is 16.9. The van der Waals surface area contributed by atoms with E-state index in [-0.39, 0.29) is 12.7 Å². The molecule has 0 aromatic heterocycles. The zero-order chi connectivity index (χ0) is 30.2. The van der Waals surface area contributed by atoms with E-state index in [1.54, 1.807) is 0 Å². The summed E-state index contributed by atoms with van der Waals surface area (Å²) in [6.45, 7) is 6.19. The number of ether oxygens (including phenoxy) is 2. The predicted molar refractivity (Wildman–Crippen MR) is 172 cm³/mol. The van der Waals surface area contributed by atoms with Crippen LogP contribution in [-0.2, 0) is 18.8 Å². The second kappa shape index (κ2) is 24.5. The Morgan fingerprint density at radius 1 is 0.854 bits per heavy atom. The zero-order valence-electron chi connectivity index (χ0n) is 25.9. The molecule has 0 saturated carbocycles. The largest absolute Gasteiger partial charge is 0.478 e. The van der Waals surface area contributed by atoms with Crippen LogP contribution < -0.4 is 0 Å². The van der Waals surface area contributed by atoms with Gasteiger partial charge >= 0.3 is 5.97 Å². The number of thioether (sulfide) groups is 1. The first kappa shape index (κ1) is 38.0. The van der Waals surface area contributed by atoms with Gasteiger partial charge < -0.3 is 19.7 Å². The summed E-state index contributed by atoms with van der Waals surface area (Å²) in [6, 6.07) is 11.1. The van der Waals surface area contributed by atoms with Gasteiger partial charge in [0.1, 0.15) is 0 Å². The maximum atomic E-state index is 11.4. The fourth-order valence-corrected chi connectivity index (χ4v) is 6.34. The van der Waals surface area contributed by atoms with E-state index in [9.17, 15) is 19.6 Å². The Balaban J connectivity index is 2.18. The van der Waals surface area contributed by atoms with Gasteiger partial charge in [-0.05, 0) is 62.0 Å². The van der Waals surface area contributed by atoms with Crippen molar-refractivity contribution in [3.63, 3.8) is 0 Å². The van der Waals surface area contributed by atoms with Gasteiger partial charge in [-0.3, -0.25) is 4.57 Å². The first-order valence-corrected chi connectivity index (χ1v) is 18.1. The van der Waals surface area contributed by atoms with Crippen molar-refractivity contribution in [1.29, 1.82) is 0 Å². The molecule has 0 amide bonds. The highest BCUT2D eigenvalue weighted by molar-refractivity contribution is 7.99. The molecule has 0 saturated heterocycles. The molecule has 6 nitrogen and oxygen atoms in total. The number of aliphatic carboxylic acids is 1. The Kier molecular flexibility index (Phi) is 22.7. The number of carboxylic acids is 1. The molecule has 4 unspecified atom stereocenters. The number of carbonyl (C=O) groups is 1. The Morgan fingerprint density at radius 3 is 2.07 bits per heavy atom.